The molecule has 2 unspecified atom stereocenters. The van der Waals surface area contributed by atoms with Crippen molar-refractivity contribution in [1.82, 2.24) is 5.32 Å². The summed E-state index contributed by atoms with van der Waals surface area (Å²) in [6.45, 7) is 1.41. The molecular formula is C11H18F3NO2. The van der Waals surface area contributed by atoms with E-state index in [0.717, 1.165) is 0 Å². The van der Waals surface area contributed by atoms with Crippen molar-refractivity contribution in [2.45, 2.75) is 44.8 Å². The maximum atomic E-state index is 12.5. The highest BCUT2D eigenvalue weighted by Crippen LogP contribution is 2.39. The smallest absolute Gasteiger partial charge is 0.391 e. The van der Waals surface area contributed by atoms with Crippen LogP contribution in [0, 0.1) is 11.8 Å². The summed E-state index contributed by atoms with van der Waals surface area (Å²) < 4.78 is 37.6. The number of nitrogens with one attached hydrogen (secondary N) is 1. The average Bonchev–Trinajstić information content (AvgIpc) is 2.28. The van der Waals surface area contributed by atoms with E-state index >= 15 is 0 Å². The van der Waals surface area contributed by atoms with Crippen molar-refractivity contribution >= 4 is 5.91 Å². The molecule has 0 spiro atoms. The molecular weight excluding hydrogens is 235 g/mol. The van der Waals surface area contributed by atoms with E-state index in [9.17, 15) is 18.0 Å². The molecule has 0 aromatic rings. The van der Waals surface area contributed by atoms with Crippen LogP contribution < -0.4 is 5.32 Å². The van der Waals surface area contributed by atoms with Crippen LogP contribution in [0.25, 0.3) is 0 Å². The molecule has 0 aliphatic heterocycles. The van der Waals surface area contributed by atoms with Crippen LogP contribution in [0.5, 0.6) is 0 Å². The van der Waals surface area contributed by atoms with Crippen molar-refractivity contribution in [1.29, 1.82) is 0 Å². The lowest BCUT2D eigenvalue weighted by atomic mass is 9.80. The van der Waals surface area contributed by atoms with Crippen LogP contribution in [-0.2, 0) is 4.79 Å². The molecule has 1 aliphatic rings. The van der Waals surface area contributed by atoms with Gasteiger partial charge in [0.2, 0.25) is 5.91 Å². The number of carbonyl (C=O) groups is 1. The van der Waals surface area contributed by atoms with Gasteiger partial charge in [0.25, 0.3) is 0 Å². The van der Waals surface area contributed by atoms with Gasteiger partial charge in [-0.25, -0.2) is 0 Å². The second kappa shape index (κ2) is 5.71. The highest BCUT2D eigenvalue weighted by Gasteiger charge is 2.43. The van der Waals surface area contributed by atoms with Crippen LogP contribution in [-0.4, -0.2) is 29.8 Å². The largest absolute Gasteiger partial charge is 0.394 e. The summed E-state index contributed by atoms with van der Waals surface area (Å²) in [5.41, 5.74) is 0. The Morgan fingerprint density at radius 1 is 1.47 bits per heavy atom. The first kappa shape index (κ1) is 14.3. The fraction of sp³-hybridized carbons (Fsp3) is 0.909. The van der Waals surface area contributed by atoms with Gasteiger partial charge in [0, 0.05) is 12.0 Å². The van der Waals surface area contributed by atoms with E-state index < -0.39 is 24.1 Å². The quantitative estimate of drug-likeness (QED) is 0.806. The van der Waals surface area contributed by atoms with Crippen LogP contribution in [0.1, 0.15) is 32.6 Å². The minimum absolute atomic E-state index is 0.114. The van der Waals surface area contributed by atoms with Gasteiger partial charge in [-0.1, -0.05) is 6.42 Å². The predicted molar refractivity (Wildman–Crippen MR) is 56.2 cm³/mol. The number of amides is 1. The lowest BCUT2D eigenvalue weighted by Crippen LogP contribution is -2.42. The molecule has 0 bridgehead atoms. The first-order valence-electron chi connectivity index (χ1n) is 5.82. The van der Waals surface area contributed by atoms with Crippen LogP contribution >= 0.6 is 0 Å². The van der Waals surface area contributed by atoms with Crippen molar-refractivity contribution in [3.63, 3.8) is 0 Å². The average molecular weight is 253 g/mol. The van der Waals surface area contributed by atoms with Crippen molar-refractivity contribution in [2.24, 2.45) is 11.8 Å². The lowest BCUT2D eigenvalue weighted by Gasteiger charge is -2.30. The third-order valence-electron chi connectivity index (χ3n) is 3.17. The van der Waals surface area contributed by atoms with Gasteiger partial charge in [0.15, 0.2) is 0 Å². The summed E-state index contributed by atoms with van der Waals surface area (Å²) in [5, 5.41) is 11.3. The van der Waals surface area contributed by atoms with Crippen molar-refractivity contribution in [2.75, 3.05) is 6.61 Å². The zero-order valence-electron chi connectivity index (χ0n) is 9.76. The summed E-state index contributed by atoms with van der Waals surface area (Å²) >= 11 is 0. The zero-order valence-corrected chi connectivity index (χ0v) is 9.76. The van der Waals surface area contributed by atoms with E-state index in [-0.39, 0.29) is 25.4 Å². The number of halogens is 3. The monoisotopic (exact) mass is 253 g/mol. The van der Waals surface area contributed by atoms with Crippen molar-refractivity contribution < 1.29 is 23.1 Å². The molecule has 100 valence electrons. The third kappa shape index (κ3) is 4.18. The first-order valence-corrected chi connectivity index (χ1v) is 5.82. The molecule has 1 saturated carbocycles. The summed E-state index contributed by atoms with van der Waals surface area (Å²) in [7, 11) is 0. The lowest BCUT2D eigenvalue weighted by molar-refractivity contribution is -0.186. The summed E-state index contributed by atoms with van der Waals surface area (Å²) in [5.74, 6) is -2.32. The summed E-state index contributed by atoms with van der Waals surface area (Å²) in [6, 6.07) is -0.409. The van der Waals surface area contributed by atoms with E-state index in [1.165, 1.54) is 0 Å². The molecule has 17 heavy (non-hydrogen) atoms. The van der Waals surface area contributed by atoms with E-state index in [1.807, 2.05) is 0 Å². The standard InChI is InChI=1S/C11H18F3NO2/c1-7(6-16)15-10(17)8-3-2-4-9(5-8)11(12,13)14/h7-9,16H,2-6H2,1H3,(H,15,17)/t7-,8?,9?/m1/s1. The van der Waals surface area contributed by atoms with Crippen LogP contribution in [0.2, 0.25) is 0 Å². The Morgan fingerprint density at radius 2 is 2.12 bits per heavy atom. The SMILES string of the molecule is C[C@H](CO)NC(=O)C1CCCC(C(F)(F)F)C1. The molecule has 0 aromatic heterocycles. The van der Waals surface area contributed by atoms with Gasteiger partial charge >= 0.3 is 6.18 Å². The van der Waals surface area contributed by atoms with Crippen molar-refractivity contribution in [3.05, 3.63) is 0 Å². The molecule has 3 nitrogen and oxygen atoms in total. The van der Waals surface area contributed by atoms with E-state index in [4.69, 9.17) is 5.11 Å². The Labute approximate surface area is 98.4 Å². The number of hydrogen-bond acceptors (Lipinski definition) is 2. The molecule has 1 rings (SSSR count). The third-order valence-corrected chi connectivity index (χ3v) is 3.17. The number of aliphatic hydroxyl groups is 1. The zero-order chi connectivity index (χ0) is 13.1. The van der Waals surface area contributed by atoms with Gasteiger partial charge in [-0.3, -0.25) is 4.79 Å². The van der Waals surface area contributed by atoms with Crippen LogP contribution in [0.4, 0.5) is 13.2 Å². The normalized spacial score (nSPS) is 27.6. The number of carbonyl (C=O) groups excluding carboxylic acids is 1. The number of aliphatic hydroxyl groups excluding tert-OH is 1. The highest BCUT2D eigenvalue weighted by atomic mass is 19.4. The molecule has 0 heterocycles. The van der Waals surface area contributed by atoms with Gasteiger partial charge in [0.1, 0.15) is 0 Å². The topological polar surface area (TPSA) is 49.3 Å². The Hall–Kier alpha value is -0.780. The molecule has 0 radical (unpaired) electrons. The fourth-order valence-electron chi connectivity index (χ4n) is 2.13. The Balaban J connectivity index is 2.52. The van der Waals surface area contributed by atoms with Gasteiger partial charge in [-0.2, -0.15) is 13.2 Å². The van der Waals surface area contributed by atoms with Gasteiger partial charge in [0.05, 0.1) is 12.5 Å². The van der Waals surface area contributed by atoms with Crippen LogP contribution in [0.3, 0.4) is 0 Å². The second-order valence-electron chi connectivity index (χ2n) is 4.69. The molecule has 3 atom stereocenters. The maximum Gasteiger partial charge on any atom is 0.391 e. The minimum Gasteiger partial charge on any atom is -0.394 e. The van der Waals surface area contributed by atoms with Gasteiger partial charge in [-0.05, 0) is 26.2 Å². The number of hydrogen-bond donors (Lipinski definition) is 2. The van der Waals surface area contributed by atoms with Crippen LogP contribution in [0.15, 0.2) is 0 Å². The maximum absolute atomic E-state index is 12.5. The minimum atomic E-state index is -4.21. The second-order valence-corrected chi connectivity index (χ2v) is 4.69. The molecule has 1 amide bonds. The predicted octanol–water partition coefficient (Wildman–Crippen LogP) is 1.85. The number of alkyl halides is 3. The molecule has 2 N–H and O–H groups in total. The first-order chi connectivity index (χ1) is 7.84. The van der Waals surface area contributed by atoms with E-state index in [2.05, 4.69) is 5.32 Å². The van der Waals surface area contributed by atoms with E-state index in [1.54, 1.807) is 6.92 Å². The van der Waals surface area contributed by atoms with Crippen molar-refractivity contribution in [3.8, 4) is 0 Å². The highest BCUT2D eigenvalue weighted by molar-refractivity contribution is 5.79. The Bertz CT molecular complexity index is 268. The Morgan fingerprint density at radius 3 is 2.65 bits per heavy atom. The fourth-order valence-corrected chi connectivity index (χ4v) is 2.13. The Kier molecular flexibility index (Phi) is 4.80. The van der Waals surface area contributed by atoms with E-state index in [0.29, 0.717) is 12.8 Å². The molecule has 0 saturated heterocycles. The summed E-state index contributed by atoms with van der Waals surface area (Å²) in [4.78, 5) is 11.7. The molecule has 1 fully saturated rings. The molecule has 0 aromatic carbocycles. The van der Waals surface area contributed by atoms with Gasteiger partial charge in [-0.15, -0.1) is 0 Å². The number of rotatable bonds is 3. The molecule has 1 aliphatic carbocycles. The molecule has 6 heteroatoms. The summed E-state index contributed by atoms with van der Waals surface area (Å²) in [6.07, 6.45) is -3.30. The van der Waals surface area contributed by atoms with Gasteiger partial charge < -0.3 is 10.4 Å².